The van der Waals surface area contributed by atoms with Crippen molar-refractivity contribution in [3.05, 3.63) is 88.5 Å². The number of piperidine rings is 1. The first kappa shape index (κ1) is 27.3. The summed E-state index contributed by atoms with van der Waals surface area (Å²) in [6.45, 7) is 3.87. The minimum atomic E-state index is -2.91. The number of nitrogens with one attached hydrogen (secondary N) is 1. The van der Waals surface area contributed by atoms with Crippen molar-refractivity contribution in [2.24, 2.45) is 0 Å². The lowest BCUT2D eigenvalue weighted by Gasteiger charge is -2.38. The fraction of sp³-hybridized carbons (Fsp3) is 0.333. The van der Waals surface area contributed by atoms with Crippen LogP contribution in [0.4, 0.5) is 19.0 Å². The fourth-order valence-corrected chi connectivity index (χ4v) is 5.24. The molecule has 0 unspecified atom stereocenters. The van der Waals surface area contributed by atoms with Crippen molar-refractivity contribution in [1.82, 2.24) is 19.9 Å². The van der Waals surface area contributed by atoms with Gasteiger partial charge in [0, 0.05) is 37.3 Å². The van der Waals surface area contributed by atoms with E-state index in [1.807, 2.05) is 24.3 Å². The molecule has 3 heterocycles. The maximum Gasteiger partial charge on any atom is 0.266 e. The van der Waals surface area contributed by atoms with Gasteiger partial charge in [-0.15, -0.1) is 0 Å². The Morgan fingerprint density at radius 2 is 1.82 bits per heavy atom. The van der Waals surface area contributed by atoms with Crippen LogP contribution in [0.25, 0.3) is 11.0 Å². The lowest BCUT2D eigenvalue weighted by atomic mass is 9.74. The van der Waals surface area contributed by atoms with Crippen LogP contribution in [-0.4, -0.2) is 40.1 Å². The van der Waals surface area contributed by atoms with E-state index in [-0.39, 0.29) is 12.1 Å². The second-order valence-electron chi connectivity index (χ2n) is 9.97. The number of nitrogens with zero attached hydrogens (tertiary/aromatic N) is 5. The summed E-state index contributed by atoms with van der Waals surface area (Å²) in [4.78, 5) is 15.9. The molecule has 1 saturated heterocycles. The third-order valence-electron chi connectivity index (χ3n) is 7.44. The number of pyridine rings is 1. The van der Waals surface area contributed by atoms with Gasteiger partial charge in [0.25, 0.3) is 6.43 Å². The third-order valence-corrected chi connectivity index (χ3v) is 7.44. The summed E-state index contributed by atoms with van der Waals surface area (Å²) in [6.07, 6.45) is -1.75. The van der Waals surface area contributed by atoms with Gasteiger partial charge in [-0.1, -0.05) is 48.5 Å². The molecule has 40 heavy (non-hydrogen) atoms. The number of fused-ring (bicyclic) bond motifs is 1. The van der Waals surface area contributed by atoms with Gasteiger partial charge in [-0.05, 0) is 31.4 Å². The van der Waals surface area contributed by atoms with Crippen LogP contribution in [-0.2, 0) is 18.5 Å². The summed E-state index contributed by atoms with van der Waals surface area (Å²) < 4.78 is 46.7. The van der Waals surface area contributed by atoms with Crippen LogP contribution < -0.4 is 10.1 Å². The molecule has 0 aliphatic carbocycles. The average molecular weight is 547 g/mol. The quantitative estimate of drug-likeness (QED) is 0.286. The van der Waals surface area contributed by atoms with Crippen LogP contribution in [0.5, 0.6) is 5.88 Å². The van der Waals surface area contributed by atoms with Crippen LogP contribution in [0.15, 0.2) is 54.6 Å². The normalized spacial score (nSPS) is 15.2. The first-order chi connectivity index (χ1) is 19.3. The first-order valence-corrected chi connectivity index (χ1v) is 13.0. The van der Waals surface area contributed by atoms with E-state index in [0.717, 1.165) is 25.7 Å². The number of likely N-dealkylation sites (tertiary alicyclic amines) is 1. The van der Waals surface area contributed by atoms with Crippen molar-refractivity contribution in [3.8, 4) is 11.9 Å². The van der Waals surface area contributed by atoms with Gasteiger partial charge < -0.3 is 10.1 Å². The molecular formula is C30H29F3N6O. The molecule has 0 saturated carbocycles. The van der Waals surface area contributed by atoms with Gasteiger partial charge in [-0.3, -0.25) is 4.90 Å². The first-order valence-electron chi connectivity index (χ1n) is 13.0. The highest BCUT2D eigenvalue weighted by molar-refractivity contribution is 5.88. The average Bonchev–Trinajstić information content (AvgIpc) is 2.96. The molecule has 1 fully saturated rings. The van der Waals surface area contributed by atoms with Gasteiger partial charge in [-0.25, -0.2) is 23.1 Å². The Morgan fingerprint density at radius 1 is 1.07 bits per heavy atom. The molecule has 1 aliphatic heterocycles. The summed E-state index contributed by atoms with van der Waals surface area (Å²) in [5.41, 5.74) is 0.822. The van der Waals surface area contributed by atoms with Crippen LogP contribution in [0.2, 0.25) is 0 Å². The van der Waals surface area contributed by atoms with E-state index in [1.165, 1.54) is 24.8 Å². The molecule has 0 atom stereocenters. The summed E-state index contributed by atoms with van der Waals surface area (Å²) in [7, 11) is 1.51. The number of halogens is 3. The van der Waals surface area contributed by atoms with Crippen molar-refractivity contribution in [1.29, 1.82) is 5.26 Å². The standard InChI is InChI=1S/C30H29F3N6O/c1-19-36-27(35-16-21-9-6-10-22(25(21)31)26(32)33)23-15-24(29(40-2)38-28(23)37-19)30(18-34)11-13-39(14-12-30)17-20-7-4-3-5-8-20/h3-10,15,26H,11-14,16-17H2,1-2H3,(H,35,36,37,38). The number of benzene rings is 2. The second kappa shape index (κ2) is 11.5. The molecule has 10 heteroatoms. The summed E-state index contributed by atoms with van der Waals surface area (Å²) >= 11 is 0. The topological polar surface area (TPSA) is 87.0 Å². The van der Waals surface area contributed by atoms with Gasteiger partial charge in [0.15, 0.2) is 5.65 Å². The smallest absolute Gasteiger partial charge is 0.266 e. The molecule has 1 aliphatic rings. The van der Waals surface area contributed by atoms with Crippen molar-refractivity contribution in [2.75, 3.05) is 25.5 Å². The molecule has 0 bridgehead atoms. The van der Waals surface area contributed by atoms with Crippen LogP contribution in [0.3, 0.4) is 0 Å². The molecule has 2 aromatic carbocycles. The number of alkyl halides is 2. The van der Waals surface area contributed by atoms with E-state index < -0.39 is 23.2 Å². The predicted octanol–water partition coefficient (Wildman–Crippen LogP) is 6.09. The van der Waals surface area contributed by atoms with Gasteiger partial charge in [0.1, 0.15) is 17.5 Å². The number of methoxy groups -OCH3 is 1. The molecule has 4 aromatic rings. The zero-order chi connectivity index (χ0) is 28.3. The van der Waals surface area contributed by atoms with Crippen LogP contribution >= 0.6 is 0 Å². The van der Waals surface area contributed by atoms with Crippen molar-refractivity contribution in [3.63, 3.8) is 0 Å². The third kappa shape index (κ3) is 5.42. The molecule has 0 spiro atoms. The van der Waals surface area contributed by atoms with Crippen LogP contribution in [0, 0.1) is 24.1 Å². The predicted molar refractivity (Wildman–Crippen MR) is 146 cm³/mol. The van der Waals surface area contributed by atoms with E-state index in [1.54, 1.807) is 6.92 Å². The molecular weight excluding hydrogens is 517 g/mol. The number of nitriles is 1. The summed E-state index contributed by atoms with van der Waals surface area (Å²) in [5.74, 6) is 0.162. The fourth-order valence-electron chi connectivity index (χ4n) is 5.24. The zero-order valence-electron chi connectivity index (χ0n) is 22.3. The Morgan fingerprint density at radius 3 is 2.50 bits per heavy atom. The number of aryl methyl sites for hydroxylation is 1. The number of hydrogen-bond donors (Lipinski definition) is 1. The maximum atomic E-state index is 14.7. The molecule has 2 aromatic heterocycles. The van der Waals surface area contributed by atoms with E-state index in [4.69, 9.17) is 4.74 Å². The molecule has 5 rings (SSSR count). The monoisotopic (exact) mass is 546 g/mol. The largest absolute Gasteiger partial charge is 0.481 e. The molecule has 0 amide bonds. The minimum Gasteiger partial charge on any atom is -0.481 e. The van der Waals surface area contributed by atoms with Crippen molar-refractivity contribution < 1.29 is 17.9 Å². The highest BCUT2D eigenvalue weighted by Crippen LogP contribution is 2.41. The highest BCUT2D eigenvalue weighted by Gasteiger charge is 2.40. The van der Waals surface area contributed by atoms with E-state index >= 15 is 0 Å². The van der Waals surface area contributed by atoms with E-state index in [2.05, 4.69) is 43.4 Å². The molecule has 206 valence electrons. The number of aromatic nitrogens is 3. The van der Waals surface area contributed by atoms with Gasteiger partial charge >= 0.3 is 0 Å². The Balaban J connectivity index is 1.46. The Labute approximate surface area is 230 Å². The summed E-state index contributed by atoms with van der Waals surface area (Å²) in [5, 5.41) is 14.0. The lowest BCUT2D eigenvalue weighted by molar-refractivity contribution is 0.146. The minimum absolute atomic E-state index is 0.0723. The second-order valence-corrected chi connectivity index (χ2v) is 9.97. The van der Waals surface area contributed by atoms with Gasteiger partial charge in [0.2, 0.25) is 5.88 Å². The molecule has 1 N–H and O–H groups in total. The Bertz CT molecular complexity index is 1550. The van der Waals surface area contributed by atoms with Gasteiger partial charge in [0.05, 0.1) is 29.5 Å². The maximum absolute atomic E-state index is 14.7. The van der Waals surface area contributed by atoms with E-state index in [0.29, 0.717) is 47.0 Å². The lowest BCUT2D eigenvalue weighted by Crippen LogP contribution is -2.41. The van der Waals surface area contributed by atoms with Crippen molar-refractivity contribution >= 4 is 16.9 Å². The molecule has 7 nitrogen and oxygen atoms in total. The zero-order valence-corrected chi connectivity index (χ0v) is 22.3. The summed E-state index contributed by atoms with van der Waals surface area (Å²) in [6, 6.07) is 18.5. The number of hydrogen-bond acceptors (Lipinski definition) is 7. The highest BCUT2D eigenvalue weighted by atomic mass is 19.3. The SMILES string of the molecule is COc1nc2nc(C)nc(NCc3cccc(C(F)F)c3F)c2cc1C1(C#N)CCN(Cc2ccccc2)CC1. The Kier molecular flexibility index (Phi) is 7.85. The van der Waals surface area contributed by atoms with Gasteiger partial charge in [-0.2, -0.15) is 10.2 Å². The van der Waals surface area contributed by atoms with Crippen LogP contribution in [0.1, 0.15) is 47.3 Å². The number of rotatable bonds is 8. The van der Waals surface area contributed by atoms with Crippen molar-refractivity contribution in [2.45, 2.75) is 44.7 Å². The van der Waals surface area contributed by atoms with E-state index in [9.17, 15) is 18.4 Å². The number of anilines is 1. The molecule has 0 radical (unpaired) electrons. The Hall–Kier alpha value is -4.23. The number of ether oxygens (including phenoxy) is 1.